The highest BCUT2D eigenvalue weighted by atomic mass is 15.1. The molecule has 2 aromatic carbocycles. The minimum atomic E-state index is 0.787. The second kappa shape index (κ2) is 6.38. The fourth-order valence-corrected chi connectivity index (χ4v) is 3.30. The fourth-order valence-electron chi connectivity index (χ4n) is 3.30. The summed E-state index contributed by atoms with van der Waals surface area (Å²) >= 11 is 0. The van der Waals surface area contributed by atoms with Crippen molar-refractivity contribution in [2.75, 3.05) is 26.2 Å². The maximum absolute atomic E-state index is 5.63. The third-order valence-electron chi connectivity index (χ3n) is 4.49. The van der Waals surface area contributed by atoms with Gasteiger partial charge in [-0.15, -0.1) is 0 Å². The minimum Gasteiger partial charge on any atom is -0.329 e. The summed E-state index contributed by atoms with van der Waals surface area (Å²) in [5.41, 5.74) is 7.12. The molecule has 0 aliphatic carbocycles. The summed E-state index contributed by atoms with van der Waals surface area (Å²) in [5.74, 6) is 0.838. The first-order chi connectivity index (χ1) is 9.85. The third-order valence-corrected chi connectivity index (χ3v) is 4.49. The van der Waals surface area contributed by atoms with Crippen LogP contribution in [0.4, 0.5) is 0 Å². The predicted octanol–water partition coefficient (Wildman–Crippen LogP) is 3.05. The van der Waals surface area contributed by atoms with Crippen LogP contribution in [0.2, 0.25) is 0 Å². The van der Waals surface area contributed by atoms with Gasteiger partial charge in [-0.1, -0.05) is 42.5 Å². The quantitative estimate of drug-likeness (QED) is 0.923. The van der Waals surface area contributed by atoms with Crippen molar-refractivity contribution in [1.29, 1.82) is 0 Å². The predicted molar refractivity (Wildman–Crippen MR) is 85.9 cm³/mol. The molecular weight excluding hydrogens is 244 g/mol. The van der Waals surface area contributed by atoms with Gasteiger partial charge in [-0.3, -0.25) is 0 Å². The maximum Gasteiger partial charge on any atom is 0.0105 e. The molecule has 0 atom stereocenters. The molecule has 0 aromatic heterocycles. The molecule has 1 fully saturated rings. The van der Waals surface area contributed by atoms with Crippen molar-refractivity contribution in [3.8, 4) is 0 Å². The molecule has 1 heterocycles. The van der Waals surface area contributed by atoms with Crippen LogP contribution < -0.4 is 5.73 Å². The Bertz CT molecular complexity index is 556. The van der Waals surface area contributed by atoms with Crippen molar-refractivity contribution in [1.82, 2.24) is 4.90 Å². The first-order valence-corrected chi connectivity index (χ1v) is 7.75. The zero-order valence-electron chi connectivity index (χ0n) is 12.1. The lowest BCUT2D eigenvalue weighted by molar-refractivity contribution is 0.188. The molecule has 2 N–H and O–H groups in total. The molecule has 3 rings (SSSR count). The Morgan fingerprint density at radius 3 is 2.50 bits per heavy atom. The highest BCUT2D eigenvalue weighted by molar-refractivity contribution is 5.82. The van der Waals surface area contributed by atoms with Gasteiger partial charge in [0, 0.05) is 13.1 Å². The molecule has 2 heteroatoms. The summed E-state index contributed by atoms with van der Waals surface area (Å²) in [6, 6.07) is 15.5. The van der Waals surface area contributed by atoms with E-state index < -0.39 is 0 Å². The standard InChI is InChI=1S/C18H24N2/c19-9-12-20-10-7-15(8-11-20)13-16-5-6-17-3-1-2-4-18(17)14-16/h1-6,14-15H,7-13,19H2. The molecule has 0 radical (unpaired) electrons. The van der Waals surface area contributed by atoms with Crippen LogP contribution >= 0.6 is 0 Å². The molecule has 2 aromatic rings. The molecule has 2 nitrogen and oxygen atoms in total. The zero-order valence-corrected chi connectivity index (χ0v) is 12.1. The van der Waals surface area contributed by atoms with E-state index in [0.717, 1.165) is 19.0 Å². The second-order valence-electron chi connectivity index (χ2n) is 5.96. The maximum atomic E-state index is 5.63. The van der Waals surface area contributed by atoms with Crippen LogP contribution in [0.5, 0.6) is 0 Å². The first kappa shape index (κ1) is 13.6. The Kier molecular flexibility index (Phi) is 4.34. The summed E-state index contributed by atoms with van der Waals surface area (Å²) in [5, 5.41) is 2.71. The number of hydrogen-bond donors (Lipinski definition) is 1. The molecule has 20 heavy (non-hydrogen) atoms. The van der Waals surface area contributed by atoms with Crippen LogP contribution in [-0.4, -0.2) is 31.1 Å². The number of piperidine rings is 1. The lowest BCUT2D eigenvalue weighted by Gasteiger charge is -2.31. The number of hydrogen-bond acceptors (Lipinski definition) is 2. The molecule has 0 spiro atoms. The van der Waals surface area contributed by atoms with Crippen LogP contribution in [0.1, 0.15) is 18.4 Å². The van der Waals surface area contributed by atoms with Crippen LogP contribution in [-0.2, 0) is 6.42 Å². The third kappa shape index (κ3) is 3.20. The van der Waals surface area contributed by atoms with Crippen LogP contribution in [0, 0.1) is 5.92 Å². The lowest BCUT2D eigenvalue weighted by atomic mass is 9.89. The van der Waals surface area contributed by atoms with Crippen molar-refractivity contribution >= 4 is 10.8 Å². The van der Waals surface area contributed by atoms with Gasteiger partial charge in [0.25, 0.3) is 0 Å². The molecule has 0 unspecified atom stereocenters. The van der Waals surface area contributed by atoms with Crippen molar-refractivity contribution < 1.29 is 0 Å². The normalized spacial score (nSPS) is 17.6. The van der Waals surface area contributed by atoms with Gasteiger partial charge in [0.1, 0.15) is 0 Å². The average molecular weight is 268 g/mol. The topological polar surface area (TPSA) is 29.3 Å². The number of benzene rings is 2. The molecule has 1 aliphatic rings. The van der Waals surface area contributed by atoms with E-state index >= 15 is 0 Å². The largest absolute Gasteiger partial charge is 0.329 e. The van der Waals surface area contributed by atoms with Crippen LogP contribution in [0.3, 0.4) is 0 Å². The van der Waals surface area contributed by atoms with E-state index in [1.54, 1.807) is 0 Å². The van der Waals surface area contributed by atoms with E-state index in [4.69, 9.17) is 5.73 Å². The number of nitrogens with two attached hydrogens (primary N) is 1. The molecule has 106 valence electrons. The fraction of sp³-hybridized carbons (Fsp3) is 0.444. The average Bonchev–Trinajstić information content (AvgIpc) is 2.49. The van der Waals surface area contributed by atoms with Crippen molar-refractivity contribution in [2.24, 2.45) is 11.7 Å². The molecular formula is C18H24N2. The van der Waals surface area contributed by atoms with Crippen molar-refractivity contribution in [2.45, 2.75) is 19.3 Å². The van der Waals surface area contributed by atoms with E-state index in [0.29, 0.717) is 0 Å². The van der Waals surface area contributed by atoms with Gasteiger partial charge < -0.3 is 10.6 Å². The van der Waals surface area contributed by atoms with Crippen molar-refractivity contribution in [3.63, 3.8) is 0 Å². The SMILES string of the molecule is NCCN1CCC(Cc2ccc3ccccc3c2)CC1. The minimum absolute atomic E-state index is 0.787. The Morgan fingerprint density at radius 2 is 1.75 bits per heavy atom. The van der Waals surface area contributed by atoms with Crippen LogP contribution in [0.15, 0.2) is 42.5 Å². The molecule has 1 saturated heterocycles. The highest BCUT2D eigenvalue weighted by Crippen LogP contribution is 2.23. The van der Waals surface area contributed by atoms with E-state index in [1.165, 1.54) is 48.7 Å². The summed E-state index contributed by atoms with van der Waals surface area (Å²) in [6.07, 6.45) is 3.85. The zero-order chi connectivity index (χ0) is 13.8. The van der Waals surface area contributed by atoms with E-state index in [2.05, 4.69) is 47.4 Å². The summed E-state index contributed by atoms with van der Waals surface area (Å²) in [7, 11) is 0. The Hall–Kier alpha value is -1.38. The van der Waals surface area contributed by atoms with Gasteiger partial charge in [-0.05, 0) is 54.6 Å². The van der Waals surface area contributed by atoms with E-state index in [9.17, 15) is 0 Å². The Morgan fingerprint density at radius 1 is 1.00 bits per heavy atom. The number of nitrogens with zero attached hydrogens (tertiary/aromatic N) is 1. The van der Waals surface area contributed by atoms with Gasteiger partial charge in [0.2, 0.25) is 0 Å². The molecule has 0 amide bonds. The van der Waals surface area contributed by atoms with E-state index in [1.807, 2.05) is 0 Å². The Balaban J connectivity index is 1.62. The number of fused-ring (bicyclic) bond motifs is 1. The van der Waals surface area contributed by atoms with Gasteiger partial charge >= 0.3 is 0 Å². The number of rotatable bonds is 4. The monoisotopic (exact) mass is 268 g/mol. The van der Waals surface area contributed by atoms with Gasteiger partial charge in [-0.2, -0.15) is 0 Å². The number of likely N-dealkylation sites (tertiary alicyclic amines) is 1. The first-order valence-electron chi connectivity index (χ1n) is 7.75. The molecule has 0 saturated carbocycles. The van der Waals surface area contributed by atoms with Gasteiger partial charge in [0.05, 0.1) is 0 Å². The van der Waals surface area contributed by atoms with Gasteiger partial charge in [-0.25, -0.2) is 0 Å². The Labute approximate surface area is 121 Å². The highest BCUT2D eigenvalue weighted by Gasteiger charge is 2.18. The summed E-state index contributed by atoms with van der Waals surface area (Å²) in [6.45, 7) is 4.28. The summed E-state index contributed by atoms with van der Waals surface area (Å²) in [4.78, 5) is 2.50. The van der Waals surface area contributed by atoms with Gasteiger partial charge in [0.15, 0.2) is 0 Å². The lowest BCUT2D eigenvalue weighted by Crippen LogP contribution is -2.37. The molecule has 0 bridgehead atoms. The van der Waals surface area contributed by atoms with Crippen LogP contribution in [0.25, 0.3) is 10.8 Å². The van der Waals surface area contributed by atoms with Crippen molar-refractivity contribution in [3.05, 3.63) is 48.0 Å². The second-order valence-corrected chi connectivity index (χ2v) is 5.96. The van der Waals surface area contributed by atoms with E-state index in [-0.39, 0.29) is 0 Å². The summed E-state index contributed by atoms with van der Waals surface area (Å²) < 4.78 is 0. The smallest absolute Gasteiger partial charge is 0.0105 e. The molecule has 1 aliphatic heterocycles.